The molecule has 3 atom stereocenters. The summed E-state index contributed by atoms with van der Waals surface area (Å²) >= 11 is 0. The Morgan fingerprint density at radius 1 is 0.960 bits per heavy atom. The summed E-state index contributed by atoms with van der Waals surface area (Å²) in [7, 11) is 3.22. The smallest absolute Gasteiger partial charge is 0.254 e. The molecule has 4 rings (SSSR count). The number of fused-ring (bicyclic) bond motifs is 2. The first-order chi connectivity index (χ1) is 12.2. The van der Waals surface area contributed by atoms with Gasteiger partial charge in [0.1, 0.15) is 11.5 Å². The molecule has 2 aliphatic carbocycles. The Morgan fingerprint density at radius 3 is 2.16 bits per heavy atom. The molecule has 5 nitrogen and oxygen atoms in total. The average molecular weight is 344 g/mol. The number of piperazine rings is 1. The van der Waals surface area contributed by atoms with Crippen LogP contribution in [0.1, 0.15) is 36.0 Å². The normalized spacial score (nSPS) is 29.0. The molecule has 0 aromatic heterocycles. The van der Waals surface area contributed by atoms with Gasteiger partial charge in [-0.3, -0.25) is 9.69 Å². The topological polar surface area (TPSA) is 42.0 Å². The molecule has 0 N–H and O–H groups in total. The third-order valence-electron chi connectivity index (χ3n) is 6.37. The van der Waals surface area contributed by atoms with Crippen LogP contribution in [0, 0.1) is 11.8 Å². The predicted molar refractivity (Wildman–Crippen MR) is 96.3 cm³/mol. The van der Waals surface area contributed by atoms with Gasteiger partial charge in [0.05, 0.1) is 14.2 Å². The van der Waals surface area contributed by atoms with Gasteiger partial charge in [0.15, 0.2) is 0 Å². The van der Waals surface area contributed by atoms with Crippen molar-refractivity contribution in [3.63, 3.8) is 0 Å². The molecule has 0 spiro atoms. The van der Waals surface area contributed by atoms with Gasteiger partial charge in [-0.05, 0) is 43.2 Å². The molecule has 3 aliphatic rings. The number of amides is 1. The number of carbonyl (C=O) groups excluding carboxylic acids is 1. The van der Waals surface area contributed by atoms with Gasteiger partial charge in [0.2, 0.25) is 0 Å². The van der Waals surface area contributed by atoms with Gasteiger partial charge in [0.25, 0.3) is 5.91 Å². The number of carbonyl (C=O) groups is 1. The summed E-state index contributed by atoms with van der Waals surface area (Å²) in [5, 5.41) is 0. The van der Waals surface area contributed by atoms with Crippen molar-refractivity contribution >= 4 is 5.91 Å². The first-order valence-electron chi connectivity index (χ1n) is 9.44. The maximum Gasteiger partial charge on any atom is 0.254 e. The number of benzene rings is 1. The zero-order chi connectivity index (χ0) is 17.4. The highest BCUT2D eigenvalue weighted by molar-refractivity contribution is 5.95. The van der Waals surface area contributed by atoms with E-state index in [1.54, 1.807) is 32.4 Å². The van der Waals surface area contributed by atoms with Gasteiger partial charge in [-0.25, -0.2) is 0 Å². The van der Waals surface area contributed by atoms with Gasteiger partial charge in [-0.2, -0.15) is 0 Å². The Morgan fingerprint density at radius 2 is 1.64 bits per heavy atom. The van der Waals surface area contributed by atoms with Gasteiger partial charge in [-0.15, -0.1) is 0 Å². The Kier molecular flexibility index (Phi) is 4.59. The lowest BCUT2D eigenvalue weighted by Gasteiger charge is -2.41. The first kappa shape index (κ1) is 16.7. The van der Waals surface area contributed by atoms with E-state index in [1.807, 2.05) is 4.90 Å². The molecular weight excluding hydrogens is 316 g/mol. The lowest BCUT2D eigenvalue weighted by atomic mass is 9.93. The van der Waals surface area contributed by atoms with E-state index in [4.69, 9.17) is 9.47 Å². The highest BCUT2D eigenvalue weighted by atomic mass is 16.5. The van der Waals surface area contributed by atoms with E-state index in [-0.39, 0.29) is 5.91 Å². The molecule has 25 heavy (non-hydrogen) atoms. The van der Waals surface area contributed by atoms with E-state index < -0.39 is 0 Å². The minimum Gasteiger partial charge on any atom is -0.497 e. The molecule has 2 bridgehead atoms. The lowest BCUT2D eigenvalue weighted by Crippen LogP contribution is -2.53. The summed E-state index contributed by atoms with van der Waals surface area (Å²) in [4.78, 5) is 17.5. The molecule has 0 radical (unpaired) electrons. The molecule has 5 heteroatoms. The van der Waals surface area contributed by atoms with Gasteiger partial charge in [-0.1, -0.05) is 6.42 Å². The molecule has 1 saturated heterocycles. The van der Waals surface area contributed by atoms with E-state index in [9.17, 15) is 4.79 Å². The molecule has 1 heterocycles. The number of rotatable bonds is 4. The van der Waals surface area contributed by atoms with Crippen LogP contribution in [-0.4, -0.2) is 62.1 Å². The minimum absolute atomic E-state index is 0.0739. The van der Waals surface area contributed by atoms with E-state index in [2.05, 4.69) is 4.90 Å². The fourth-order valence-electron chi connectivity index (χ4n) is 5.03. The molecule has 136 valence electrons. The summed E-state index contributed by atoms with van der Waals surface area (Å²) in [5.74, 6) is 3.27. The second-order valence-electron chi connectivity index (χ2n) is 7.67. The number of hydrogen-bond acceptors (Lipinski definition) is 4. The Hall–Kier alpha value is -1.75. The number of ether oxygens (including phenoxy) is 2. The second-order valence-corrected chi connectivity index (χ2v) is 7.67. The van der Waals surface area contributed by atoms with Crippen LogP contribution in [0.4, 0.5) is 0 Å². The quantitative estimate of drug-likeness (QED) is 0.842. The van der Waals surface area contributed by atoms with E-state index in [0.717, 1.165) is 44.1 Å². The van der Waals surface area contributed by atoms with Gasteiger partial charge < -0.3 is 14.4 Å². The van der Waals surface area contributed by atoms with E-state index >= 15 is 0 Å². The minimum atomic E-state index is 0.0739. The Bertz CT molecular complexity index is 618. The van der Waals surface area contributed by atoms with Gasteiger partial charge >= 0.3 is 0 Å². The van der Waals surface area contributed by atoms with Crippen LogP contribution in [0.25, 0.3) is 0 Å². The highest BCUT2D eigenvalue weighted by Gasteiger charge is 2.42. The Labute approximate surface area is 149 Å². The first-order valence-corrected chi connectivity index (χ1v) is 9.44. The number of methoxy groups -OCH3 is 2. The standard InChI is InChI=1S/C20H28N2O3/c1-24-17-11-16(12-18(13-17)25-2)20(23)22-7-5-21(6-8-22)19-10-14-3-4-15(19)9-14/h11-15,19H,3-10H2,1-2H3/t14-,15+,19+/m0/s1. The second kappa shape index (κ2) is 6.87. The van der Waals surface area contributed by atoms with Gasteiger partial charge in [0, 0.05) is 43.9 Å². The van der Waals surface area contributed by atoms with Crippen LogP contribution in [0.5, 0.6) is 11.5 Å². The molecule has 3 fully saturated rings. The van der Waals surface area contributed by atoms with Crippen LogP contribution in [0.3, 0.4) is 0 Å². The molecule has 1 aromatic rings. The summed E-state index contributed by atoms with van der Waals surface area (Å²) in [5.41, 5.74) is 0.643. The van der Waals surface area contributed by atoms with Crippen LogP contribution in [0.15, 0.2) is 18.2 Å². The summed E-state index contributed by atoms with van der Waals surface area (Å²) < 4.78 is 10.6. The third-order valence-corrected chi connectivity index (χ3v) is 6.37. The van der Waals surface area contributed by atoms with Crippen molar-refractivity contribution in [2.24, 2.45) is 11.8 Å². The van der Waals surface area contributed by atoms with Crippen molar-refractivity contribution in [3.8, 4) is 11.5 Å². The number of hydrogen-bond donors (Lipinski definition) is 0. The van der Waals surface area contributed by atoms with Crippen LogP contribution in [0.2, 0.25) is 0 Å². The van der Waals surface area contributed by atoms with E-state index in [1.165, 1.54) is 25.7 Å². The summed E-state index contributed by atoms with van der Waals surface area (Å²) in [6.45, 7) is 3.62. The maximum absolute atomic E-state index is 12.9. The lowest BCUT2D eigenvalue weighted by molar-refractivity contribution is 0.0495. The third kappa shape index (κ3) is 3.22. The molecule has 0 unspecified atom stereocenters. The van der Waals surface area contributed by atoms with Crippen molar-refractivity contribution in [2.75, 3.05) is 40.4 Å². The van der Waals surface area contributed by atoms with Crippen molar-refractivity contribution < 1.29 is 14.3 Å². The SMILES string of the molecule is COc1cc(OC)cc(C(=O)N2CCN([C@@H]3C[C@H]4CC[C@@H]3C4)CC2)c1. The van der Waals surface area contributed by atoms with Crippen molar-refractivity contribution in [3.05, 3.63) is 23.8 Å². The summed E-state index contributed by atoms with van der Waals surface area (Å²) in [6.07, 6.45) is 5.68. The largest absolute Gasteiger partial charge is 0.497 e. The summed E-state index contributed by atoms with van der Waals surface area (Å²) in [6, 6.07) is 6.16. The van der Waals surface area contributed by atoms with Crippen LogP contribution < -0.4 is 9.47 Å². The molecular formula is C20H28N2O3. The highest BCUT2D eigenvalue weighted by Crippen LogP contribution is 2.46. The van der Waals surface area contributed by atoms with Crippen molar-refractivity contribution in [1.82, 2.24) is 9.80 Å². The van der Waals surface area contributed by atoms with Crippen LogP contribution in [-0.2, 0) is 0 Å². The molecule has 2 saturated carbocycles. The average Bonchev–Trinajstić information content (AvgIpc) is 3.30. The predicted octanol–water partition coefficient (Wildman–Crippen LogP) is 2.65. The monoisotopic (exact) mass is 344 g/mol. The molecule has 1 amide bonds. The Balaban J connectivity index is 1.39. The zero-order valence-corrected chi connectivity index (χ0v) is 15.2. The molecule has 1 aliphatic heterocycles. The van der Waals surface area contributed by atoms with Crippen molar-refractivity contribution in [1.29, 1.82) is 0 Å². The maximum atomic E-state index is 12.9. The number of nitrogens with zero attached hydrogens (tertiary/aromatic N) is 2. The fourth-order valence-corrected chi connectivity index (χ4v) is 5.03. The van der Waals surface area contributed by atoms with Crippen molar-refractivity contribution in [2.45, 2.75) is 31.7 Å². The zero-order valence-electron chi connectivity index (χ0n) is 15.2. The van der Waals surface area contributed by atoms with E-state index in [0.29, 0.717) is 17.1 Å². The molecule has 1 aromatic carbocycles. The van der Waals surface area contributed by atoms with Crippen LogP contribution >= 0.6 is 0 Å². The fraction of sp³-hybridized carbons (Fsp3) is 0.650.